The Hall–Kier alpha value is -0.410. The van der Waals surface area contributed by atoms with Crippen molar-refractivity contribution in [1.29, 1.82) is 0 Å². The molecular weight excluding hydrogens is 294 g/mol. The second kappa shape index (κ2) is 5.78. The van der Waals surface area contributed by atoms with E-state index in [4.69, 9.17) is 11.6 Å². The van der Waals surface area contributed by atoms with Crippen molar-refractivity contribution in [2.45, 2.75) is 26.7 Å². The lowest BCUT2D eigenvalue weighted by molar-refractivity contribution is 0.0909. The first-order chi connectivity index (χ1) is 7.52. The lowest BCUT2D eigenvalue weighted by Gasteiger charge is -2.12. The molecule has 0 unspecified atom stereocenters. The monoisotopic (exact) mass is 306 g/mol. The van der Waals surface area contributed by atoms with Gasteiger partial charge < -0.3 is 0 Å². The van der Waals surface area contributed by atoms with Crippen molar-refractivity contribution >= 4 is 33.3 Å². The zero-order valence-corrected chi connectivity index (χ0v) is 11.5. The number of hydrogen-bond acceptors (Lipinski definition) is 1. The van der Waals surface area contributed by atoms with Gasteiger partial charge >= 0.3 is 0 Å². The van der Waals surface area contributed by atoms with E-state index in [-0.39, 0.29) is 22.3 Å². The Labute approximate surface area is 108 Å². The van der Waals surface area contributed by atoms with E-state index in [2.05, 4.69) is 15.9 Å². The molecule has 1 rings (SSSR count). The Bertz CT molecular complexity index is 402. The molecule has 0 saturated carbocycles. The summed E-state index contributed by atoms with van der Waals surface area (Å²) in [6, 6.07) is 3.08. The van der Waals surface area contributed by atoms with Crippen molar-refractivity contribution < 1.29 is 9.18 Å². The Morgan fingerprint density at radius 2 is 2.00 bits per heavy atom. The third-order valence-corrected chi connectivity index (χ3v) is 3.92. The van der Waals surface area contributed by atoms with E-state index in [9.17, 15) is 9.18 Å². The van der Waals surface area contributed by atoms with E-state index in [1.54, 1.807) is 6.07 Å². The molecule has 0 spiro atoms. The molecule has 1 aromatic carbocycles. The summed E-state index contributed by atoms with van der Waals surface area (Å²) >= 11 is 8.86. The van der Waals surface area contributed by atoms with Crippen LogP contribution in [0.2, 0.25) is 5.02 Å². The molecule has 0 aliphatic carbocycles. The third kappa shape index (κ3) is 2.64. The summed E-state index contributed by atoms with van der Waals surface area (Å²) in [5.74, 6) is -0.934. The lowest BCUT2D eigenvalue weighted by atomic mass is 9.93. The van der Waals surface area contributed by atoms with Gasteiger partial charge in [0.25, 0.3) is 0 Å². The molecule has 0 fully saturated rings. The van der Waals surface area contributed by atoms with Gasteiger partial charge in [0, 0.05) is 10.4 Å². The van der Waals surface area contributed by atoms with Gasteiger partial charge in [0.15, 0.2) is 11.6 Å². The molecule has 0 amide bonds. The van der Waals surface area contributed by atoms with Crippen molar-refractivity contribution in [1.82, 2.24) is 0 Å². The molecule has 0 bridgehead atoms. The number of Topliss-reactive ketones (excluding diaryl/α,β-unsaturated/α-hetero) is 1. The van der Waals surface area contributed by atoms with Gasteiger partial charge in [0.05, 0.1) is 10.6 Å². The van der Waals surface area contributed by atoms with E-state index in [1.165, 1.54) is 6.07 Å². The summed E-state index contributed by atoms with van der Waals surface area (Å²) in [6.45, 7) is 3.84. The first-order valence-corrected chi connectivity index (χ1v) is 6.37. The van der Waals surface area contributed by atoms with Crippen LogP contribution < -0.4 is 0 Å². The normalized spacial score (nSPS) is 10.9. The van der Waals surface area contributed by atoms with Crippen LogP contribution in [0.5, 0.6) is 0 Å². The van der Waals surface area contributed by atoms with Crippen LogP contribution in [-0.2, 0) is 0 Å². The Balaban J connectivity index is 3.14. The number of benzene rings is 1. The Kier molecular flexibility index (Phi) is 4.93. The molecule has 0 N–H and O–H groups in total. The molecule has 0 atom stereocenters. The van der Waals surface area contributed by atoms with Crippen LogP contribution in [0.25, 0.3) is 0 Å². The summed E-state index contributed by atoms with van der Waals surface area (Å²) in [5.41, 5.74) is 0.0851. The zero-order valence-electron chi connectivity index (χ0n) is 9.19. The van der Waals surface area contributed by atoms with Crippen molar-refractivity contribution in [3.05, 3.63) is 33.0 Å². The molecule has 1 aromatic rings. The molecule has 1 nitrogen and oxygen atoms in total. The fourth-order valence-corrected chi connectivity index (χ4v) is 2.07. The quantitative estimate of drug-likeness (QED) is 0.573. The number of carbonyl (C=O) groups excluding carboxylic acids is 1. The number of carbonyl (C=O) groups is 1. The van der Waals surface area contributed by atoms with E-state index < -0.39 is 5.82 Å². The summed E-state index contributed by atoms with van der Waals surface area (Å²) in [7, 11) is 0. The van der Waals surface area contributed by atoms with Gasteiger partial charge in [-0.1, -0.05) is 25.4 Å². The maximum Gasteiger partial charge on any atom is 0.168 e. The van der Waals surface area contributed by atoms with Crippen molar-refractivity contribution in [2.75, 3.05) is 0 Å². The van der Waals surface area contributed by atoms with Crippen LogP contribution in [0.15, 0.2) is 16.6 Å². The van der Waals surface area contributed by atoms with Gasteiger partial charge in [-0.3, -0.25) is 4.79 Å². The summed E-state index contributed by atoms with van der Waals surface area (Å²) < 4.78 is 14.2. The van der Waals surface area contributed by atoms with Crippen LogP contribution in [-0.4, -0.2) is 5.78 Å². The van der Waals surface area contributed by atoms with Crippen LogP contribution in [0.1, 0.15) is 37.0 Å². The summed E-state index contributed by atoms with van der Waals surface area (Å²) in [6.07, 6.45) is 1.42. The molecule has 0 saturated heterocycles. The van der Waals surface area contributed by atoms with Gasteiger partial charge in [0.1, 0.15) is 0 Å². The minimum absolute atomic E-state index is 0.0307. The Morgan fingerprint density at radius 1 is 1.44 bits per heavy atom. The number of hydrogen-bond donors (Lipinski definition) is 0. The lowest BCUT2D eigenvalue weighted by Crippen LogP contribution is -2.14. The van der Waals surface area contributed by atoms with E-state index >= 15 is 0 Å². The topological polar surface area (TPSA) is 17.1 Å². The highest BCUT2D eigenvalue weighted by Crippen LogP contribution is 2.29. The van der Waals surface area contributed by atoms with Gasteiger partial charge in [-0.2, -0.15) is 0 Å². The molecule has 88 valence electrons. The summed E-state index contributed by atoms with van der Waals surface area (Å²) in [4.78, 5) is 12.0. The minimum Gasteiger partial charge on any atom is -0.294 e. The number of ketones is 1. The predicted octanol–water partition coefficient (Wildman–Crippen LogP) is 4.86. The van der Waals surface area contributed by atoms with Gasteiger partial charge in [-0.15, -0.1) is 0 Å². The van der Waals surface area contributed by atoms with E-state index in [1.807, 2.05) is 13.8 Å². The molecule has 0 heterocycles. The van der Waals surface area contributed by atoms with Gasteiger partial charge in [-0.05, 0) is 40.9 Å². The molecular formula is C12H13BrClFO. The highest BCUT2D eigenvalue weighted by Gasteiger charge is 2.21. The number of halogens is 3. The second-order valence-electron chi connectivity index (χ2n) is 3.60. The molecule has 0 aliphatic rings. The first-order valence-electron chi connectivity index (χ1n) is 5.20. The largest absolute Gasteiger partial charge is 0.294 e. The standard InChI is InChI=1S/C12H13BrClFO/c1-3-7(4-2)12(16)8-5-6-9(13)10(14)11(8)15/h5-7H,3-4H2,1-2H3. The van der Waals surface area contributed by atoms with Crippen LogP contribution in [0, 0.1) is 11.7 Å². The SMILES string of the molecule is CCC(CC)C(=O)c1ccc(Br)c(Cl)c1F. The Morgan fingerprint density at radius 3 is 2.50 bits per heavy atom. The second-order valence-corrected chi connectivity index (χ2v) is 4.83. The minimum atomic E-state index is -0.632. The highest BCUT2D eigenvalue weighted by atomic mass is 79.9. The third-order valence-electron chi connectivity index (χ3n) is 2.66. The van der Waals surface area contributed by atoms with E-state index in [0.29, 0.717) is 17.3 Å². The molecule has 0 radical (unpaired) electrons. The maximum atomic E-state index is 13.8. The molecule has 0 aliphatic heterocycles. The fraction of sp³-hybridized carbons (Fsp3) is 0.417. The van der Waals surface area contributed by atoms with Crippen LogP contribution >= 0.6 is 27.5 Å². The van der Waals surface area contributed by atoms with Crippen LogP contribution in [0.4, 0.5) is 4.39 Å². The molecule has 0 aromatic heterocycles. The van der Waals surface area contributed by atoms with Crippen molar-refractivity contribution in [2.24, 2.45) is 5.92 Å². The average molecular weight is 308 g/mol. The highest BCUT2D eigenvalue weighted by molar-refractivity contribution is 9.10. The fourth-order valence-electron chi connectivity index (χ4n) is 1.60. The van der Waals surface area contributed by atoms with Crippen LogP contribution in [0.3, 0.4) is 0 Å². The summed E-state index contributed by atoms with van der Waals surface area (Å²) in [5, 5.41) is -0.0307. The van der Waals surface area contributed by atoms with Gasteiger partial charge in [0.2, 0.25) is 0 Å². The van der Waals surface area contributed by atoms with Crippen molar-refractivity contribution in [3.8, 4) is 0 Å². The maximum absolute atomic E-state index is 13.8. The van der Waals surface area contributed by atoms with Crippen molar-refractivity contribution in [3.63, 3.8) is 0 Å². The molecule has 16 heavy (non-hydrogen) atoms. The van der Waals surface area contributed by atoms with E-state index in [0.717, 1.165) is 0 Å². The number of rotatable bonds is 4. The smallest absolute Gasteiger partial charge is 0.168 e. The predicted molar refractivity (Wildman–Crippen MR) is 67.5 cm³/mol. The molecule has 4 heteroatoms. The first kappa shape index (κ1) is 13.7. The average Bonchev–Trinajstić information content (AvgIpc) is 2.27. The zero-order chi connectivity index (χ0) is 12.3. The van der Waals surface area contributed by atoms with Gasteiger partial charge in [-0.25, -0.2) is 4.39 Å².